The van der Waals surface area contributed by atoms with Crippen LogP contribution >= 0.6 is 0 Å². The van der Waals surface area contributed by atoms with E-state index in [1.807, 2.05) is 0 Å². The van der Waals surface area contributed by atoms with Crippen LogP contribution in [0.3, 0.4) is 0 Å². The number of hydrogen-bond acceptors (Lipinski definition) is 4. The Morgan fingerprint density at radius 2 is 1.78 bits per heavy atom. The summed E-state index contributed by atoms with van der Waals surface area (Å²) in [4.78, 5) is 5.31. The second-order valence-corrected chi connectivity index (χ2v) is 5.95. The van der Waals surface area contributed by atoms with Crippen LogP contribution in [0, 0.1) is 0 Å². The van der Waals surface area contributed by atoms with Crippen LogP contribution in [0.1, 0.15) is 25.7 Å². The monoisotopic (exact) mass is 253 g/mol. The van der Waals surface area contributed by atoms with Gasteiger partial charge in [0.2, 0.25) is 0 Å². The molecule has 104 valence electrons. The first-order valence-corrected chi connectivity index (χ1v) is 7.70. The zero-order chi connectivity index (χ0) is 12.2. The zero-order valence-corrected chi connectivity index (χ0v) is 11.4. The molecule has 1 atom stereocenters. The van der Waals surface area contributed by atoms with Crippen molar-refractivity contribution in [3.05, 3.63) is 0 Å². The molecule has 1 unspecified atom stereocenters. The molecule has 0 aromatic carbocycles. The first-order valence-electron chi connectivity index (χ1n) is 7.70. The Morgan fingerprint density at radius 3 is 2.44 bits per heavy atom. The number of nitrogens with one attached hydrogen (secondary N) is 1. The lowest BCUT2D eigenvalue weighted by atomic mass is 10.0. The number of nitrogens with zero attached hydrogens (tertiary/aromatic N) is 2. The minimum Gasteiger partial charge on any atom is -0.377 e. The van der Waals surface area contributed by atoms with Crippen LogP contribution in [0.2, 0.25) is 0 Å². The molecule has 0 amide bonds. The lowest BCUT2D eigenvalue weighted by molar-refractivity contribution is 0.0458. The van der Waals surface area contributed by atoms with Crippen LogP contribution in [-0.4, -0.2) is 74.4 Å². The minimum absolute atomic E-state index is 0.528. The van der Waals surface area contributed by atoms with Crippen molar-refractivity contribution < 1.29 is 4.74 Å². The van der Waals surface area contributed by atoms with Gasteiger partial charge in [-0.3, -0.25) is 4.90 Å². The van der Waals surface area contributed by atoms with E-state index < -0.39 is 0 Å². The fourth-order valence-electron chi connectivity index (χ4n) is 3.59. The van der Waals surface area contributed by atoms with E-state index in [0.29, 0.717) is 6.10 Å². The van der Waals surface area contributed by atoms with Crippen LogP contribution in [-0.2, 0) is 4.74 Å². The van der Waals surface area contributed by atoms with Crippen LogP contribution in [0.15, 0.2) is 0 Å². The van der Waals surface area contributed by atoms with Gasteiger partial charge < -0.3 is 15.0 Å². The van der Waals surface area contributed by atoms with Gasteiger partial charge in [-0.25, -0.2) is 0 Å². The van der Waals surface area contributed by atoms with Crippen molar-refractivity contribution in [1.29, 1.82) is 0 Å². The number of rotatable bonds is 3. The van der Waals surface area contributed by atoms with E-state index in [-0.39, 0.29) is 0 Å². The zero-order valence-electron chi connectivity index (χ0n) is 11.4. The van der Waals surface area contributed by atoms with Crippen LogP contribution < -0.4 is 5.32 Å². The highest BCUT2D eigenvalue weighted by Crippen LogP contribution is 2.20. The summed E-state index contributed by atoms with van der Waals surface area (Å²) in [5.41, 5.74) is 0. The number of ether oxygens (including phenoxy) is 1. The van der Waals surface area contributed by atoms with Gasteiger partial charge in [0.1, 0.15) is 0 Å². The van der Waals surface area contributed by atoms with Gasteiger partial charge in [0, 0.05) is 45.4 Å². The highest BCUT2D eigenvalue weighted by molar-refractivity contribution is 4.83. The average molecular weight is 253 g/mol. The van der Waals surface area contributed by atoms with Gasteiger partial charge in [0.05, 0.1) is 6.10 Å². The molecule has 3 saturated heterocycles. The number of piperidine rings is 1. The summed E-state index contributed by atoms with van der Waals surface area (Å²) in [5, 5.41) is 3.44. The highest BCUT2D eigenvalue weighted by atomic mass is 16.5. The summed E-state index contributed by atoms with van der Waals surface area (Å²) in [6.45, 7) is 9.55. The first kappa shape index (κ1) is 12.9. The van der Waals surface area contributed by atoms with Crippen molar-refractivity contribution >= 4 is 0 Å². The summed E-state index contributed by atoms with van der Waals surface area (Å²) in [6, 6.07) is 0.841. The Labute approximate surface area is 111 Å². The third kappa shape index (κ3) is 3.23. The normalized spacial score (nSPS) is 33.0. The fourth-order valence-corrected chi connectivity index (χ4v) is 3.59. The number of hydrogen-bond donors (Lipinski definition) is 1. The SMILES string of the molecule is C1COC(CN2CCC(N3CCNCC3)CC2)C1. The second kappa shape index (κ2) is 6.33. The summed E-state index contributed by atoms with van der Waals surface area (Å²) in [6.07, 6.45) is 5.78. The Kier molecular flexibility index (Phi) is 4.52. The van der Waals surface area contributed by atoms with Gasteiger partial charge in [0.25, 0.3) is 0 Å². The standard InChI is InChI=1S/C14H27N3O/c1-2-14(18-11-1)12-16-7-3-13(4-8-16)17-9-5-15-6-10-17/h13-15H,1-12H2. The molecule has 1 N–H and O–H groups in total. The summed E-state index contributed by atoms with van der Waals surface area (Å²) < 4.78 is 5.74. The Balaban J connectivity index is 1.40. The van der Waals surface area contributed by atoms with Gasteiger partial charge >= 0.3 is 0 Å². The van der Waals surface area contributed by atoms with E-state index in [1.165, 1.54) is 71.5 Å². The van der Waals surface area contributed by atoms with E-state index >= 15 is 0 Å². The lowest BCUT2D eigenvalue weighted by Crippen LogP contribution is -2.52. The molecule has 3 rings (SSSR count). The summed E-state index contributed by atoms with van der Waals surface area (Å²) in [7, 11) is 0. The van der Waals surface area contributed by atoms with Crippen LogP contribution in [0.4, 0.5) is 0 Å². The van der Waals surface area contributed by atoms with Crippen LogP contribution in [0.5, 0.6) is 0 Å². The molecule has 3 fully saturated rings. The van der Waals surface area contributed by atoms with Gasteiger partial charge in [-0.1, -0.05) is 0 Å². The maximum absolute atomic E-state index is 5.74. The van der Waals surface area contributed by atoms with E-state index in [1.54, 1.807) is 0 Å². The highest BCUT2D eigenvalue weighted by Gasteiger charge is 2.27. The smallest absolute Gasteiger partial charge is 0.0702 e. The van der Waals surface area contributed by atoms with Crippen LogP contribution in [0.25, 0.3) is 0 Å². The predicted octanol–water partition coefficient (Wildman–Crippen LogP) is 0.535. The average Bonchev–Trinajstić information content (AvgIpc) is 2.94. The number of likely N-dealkylation sites (tertiary alicyclic amines) is 1. The van der Waals surface area contributed by atoms with E-state index in [4.69, 9.17) is 4.74 Å². The third-order valence-electron chi connectivity index (χ3n) is 4.71. The summed E-state index contributed by atoms with van der Waals surface area (Å²) in [5.74, 6) is 0. The third-order valence-corrected chi connectivity index (χ3v) is 4.71. The molecular formula is C14H27N3O. The largest absolute Gasteiger partial charge is 0.377 e. The lowest BCUT2D eigenvalue weighted by Gasteiger charge is -2.40. The minimum atomic E-state index is 0.528. The molecule has 0 saturated carbocycles. The Hall–Kier alpha value is -0.160. The second-order valence-electron chi connectivity index (χ2n) is 5.95. The summed E-state index contributed by atoms with van der Waals surface area (Å²) >= 11 is 0. The molecule has 0 aromatic rings. The quantitative estimate of drug-likeness (QED) is 0.794. The molecular weight excluding hydrogens is 226 g/mol. The van der Waals surface area contributed by atoms with E-state index in [9.17, 15) is 0 Å². The van der Waals surface area contributed by atoms with Crippen molar-refractivity contribution in [2.45, 2.75) is 37.8 Å². The maximum Gasteiger partial charge on any atom is 0.0702 e. The van der Waals surface area contributed by atoms with Crippen molar-refractivity contribution in [2.75, 3.05) is 52.4 Å². The van der Waals surface area contributed by atoms with Crippen molar-refractivity contribution in [2.24, 2.45) is 0 Å². The molecule has 3 heterocycles. The van der Waals surface area contributed by atoms with Gasteiger partial charge in [-0.2, -0.15) is 0 Å². The molecule has 0 aromatic heterocycles. The fraction of sp³-hybridized carbons (Fsp3) is 1.00. The van der Waals surface area contributed by atoms with Gasteiger partial charge in [0.15, 0.2) is 0 Å². The topological polar surface area (TPSA) is 27.7 Å². The number of piperazine rings is 1. The molecule has 0 bridgehead atoms. The molecule has 0 aliphatic carbocycles. The Bertz CT molecular complexity index is 241. The first-order chi connectivity index (χ1) is 8.92. The van der Waals surface area contributed by atoms with Gasteiger partial charge in [-0.05, 0) is 38.8 Å². The molecule has 3 aliphatic rings. The Morgan fingerprint density at radius 1 is 1.00 bits per heavy atom. The molecule has 4 heteroatoms. The molecule has 4 nitrogen and oxygen atoms in total. The molecule has 3 aliphatic heterocycles. The van der Waals surface area contributed by atoms with Crippen molar-refractivity contribution in [3.63, 3.8) is 0 Å². The van der Waals surface area contributed by atoms with E-state index in [2.05, 4.69) is 15.1 Å². The van der Waals surface area contributed by atoms with Crippen molar-refractivity contribution in [3.8, 4) is 0 Å². The maximum atomic E-state index is 5.74. The molecule has 18 heavy (non-hydrogen) atoms. The van der Waals surface area contributed by atoms with Gasteiger partial charge in [-0.15, -0.1) is 0 Å². The molecule has 0 radical (unpaired) electrons. The molecule has 0 spiro atoms. The predicted molar refractivity (Wildman–Crippen MR) is 72.9 cm³/mol. The van der Waals surface area contributed by atoms with Crippen molar-refractivity contribution in [1.82, 2.24) is 15.1 Å². The van der Waals surface area contributed by atoms with E-state index in [0.717, 1.165) is 12.6 Å².